The number of amides is 1. The van der Waals surface area contributed by atoms with E-state index in [9.17, 15) is 19.1 Å². The molecule has 1 aliphatic rings. The molecule has 0 spiro atoms. The standard InChI is InChI=1S/C16H20FNO3/c1-10(2)16(15(20)21)4-5-18(9-16)14(19)12-6-11(3)7-13(17)8-12/h6-8,10H,4-5,9H2,1-3H3,(H,20,21). The van der Waals surface area contributed by atoms with Crippen molar-refractivity contribution in [2.75, 3.05) is 13.1 Å². The van der Waals surface area contributed by atoms with Gasteiger partial charge in [-0.2, -0.15) is 0 Å². The summed E-state index contributed by atoms with van der Waals surface area (Å²) in [5, 5.41) is 9.49. The molecule has 1 aliphatic heterocycles. The number of carboxylic acids is 1. The van der Waals surface area contributed by atoms with Crippen LogP contribution in [0.2, 0.25) is 0 Å². The Morgan fingerprint density at radius 3 is 2.48 bits per heavy atom. The molecule has 1 aromatic rings. The van der Waals surface area contributed by atoms with Gasteiger partial charge in [-0.25, -0.2) is 4.39 Å². The number of nitrogens with zero attached hydrogens (tertiary/aromatic N) is 1. The smallest absolute Gasteiger partial charge is 0.311 e. The second-order valence-electron chi connectivity index (χ2n) is 6.11. The Labute approximate surface area is 123 Å². The van der Waals surface area contributed by atoms with E-state index in [0.717, 1.165) is 0 Å². The molecule has 0 aromatic heterocycles. The lowest BCUT2D eigenvalue weighted by molar-refractivity contribution is -0.150. The number of carbonyl (C=O) groups excluding carboxylic acids is 1. The summed E-state index contributed by atoms with van der Waals surface area (Å²) < 4.78 is 13.4. The maximum atomic E-state index is 13.4. The SMILES string of the molecule is Cc1cc(F)cc(C(=O)N2CCC(C(=O)O)(C(C)C)C2)c1. The maximum Gasteiger partial charge on any atom is 0.311 e. The lowest BCUT2D eigenvalue weighted by atomic mass is 9.76. The Morgan fingerprint density at radius 1 is 1.33 bits per heavy atom. The van der Waals surface area contributed by atoms with Crippen molar-refractivity contribution in [1.29, 1.82) is 0 Å². The number of likely N-dealkylation sites (tertiary alicyclic amines) is 1. The van der Waals surface area contributed by atoms with E-state index in [1.807, 2.05) is 13.8 Å². The Kier molecular flexibility index (Phi) is 4.03. The van der Waals surface area contributed by atoms with Crippen molar-refractivity contribution in [2.24, 2.45) is 11.3 Å². The number of aryl methyl sites for hydroxylation is 1. The van der Waals surface area contributed by atoms with Crippen LogP contribution in [-0.4, -0.2) is 35.0 Å². The molecule has 1 saturated heterocycles. The van der Waals surface area contributed by atoms with Gasteiger partial charge in [-0.05, 0) is 43.0 Å². The van der Waals surface area contributed by atoms with E-state index in [2.05, 4.69) is 0 Å². The van der Waals surface area contributed by atoms with Crippen molar-refractivity contribution >= 4 is 11.9 Å². The molecule has 5 heteroatoms. The summed E-state index contributed by atoms with van der Waals surface area (Å²) in [7, 11) is 0. The molecular weight excluding hydrogens is 273 g/mol. The topological polar surface area (TPSA) is 57.6 Å². The molecule has 1 fully saturated rings. The number of rotatable bonds is 3. The van der Waals surface area contributed by atoms with Crippen molar-refractivity contribution < 1.29 is 19.1 Å². The highest BCUT2D eigenvalue weighted by Gasteiger charge is 2.48. The van der Waals surface area contributed by atoms with E-state index >= 15 is 0 Å². The first-order valence-corrected chi connectivity index (χ1v) is 7.06. The molecule has 1 heterocycles. The third-order valence-corrected chi connectivity index (χ3v) is 4.41. The fraction of sp³-hybridized carbons (Fsp3) is 0.500. The largest absolute Gasteiger partial charge is 0.481 e. The molecule has 114 valence electrons. The van der Waals surface area contributed by atoms with Gasteiger partial charge in [-0.1, -0.05) is 13.8 Å². The van der Waals surface area contributed by atoms with Crippen LogP contribution < -0.4 is 0 Å². The average molecular weight is 293 g/mol. The summed E-state index contributed by atoms with van der Waals surface area (Å²) in [6, 6.07) is 4.18. The zero-order chi connectivity index (χ0) is 15.8. The van der Waals surface area contributed by atoms with Gasteiger partial charge in [0.2, 0.25) is 0 Å². The van der Waals surface area contributed by atoms with Gasteiger partial charge < -0.3 is 10.0 Å². The van der Waals surface area contributed by atoms with E-state index in [1.165, 1.54) is 17.0 Å². The normalized spacial score (nSPS) is 21.9. The van der Waals surface area contributed by atoms with Gasteiger partial charge in [0.1, 0.15) is 5.82 Å². The van der Waals surface area contributed by atoms with Crippen LogP contribution in [0.4, 0.5) is 4.39 Å². The van der Waals surface area contributed by atoms with Gasteiger partial charge >= 0.3 is 5.97 Å². The minimum atomic E-state index is -0.905. The summed E-state index contributed by atoms with van der Waals surface area (Å²) in [5.74, 6) is -1.70. The van der Waals surface area contributed by atoms with E-state index < -0.39 is 17.2 Å². The number of benzene rings is 1. The summed E-state index contributed by atoms with van der Waals surface area (Å²) in [4.78, 5) is 25.5. The molecule has 1 N–H and O–H groups in total. The summed E-state index contributed by atoms with van der Waals surface area (Å²) >= 11 is 0. The quantitative estimate of drug-likeness (QED) is 0.932. The maximum absolute atomic E-state index is 13.4. The summed E-state index contributed by atoms with van der Waals surface area (Å²) in [6.07, 6.45) is 0.431. The molecule has 1 amide bonds. The molecule has 1 unspecified atom stereocenters. The zero-order valence-corrected chi connectivity index (χ0v) is 12.5. The highest BCUT2D eigenvalue weighted by atomic mass is 19.1. The van der Waals surface area contributed by atoms with E-state index in [4.69, 9.17) is 0 Å². The fourth-order valence-corrected chi connectivity index (χ4v) is 2.94. The number of aliphatic carboxylic acids is 1. The van der Waals surface area contributed by atoms with Gasteiger partial charge in [0.05, 0.1) is 5.41 Å². The molecular formula is C16H20FNO3. The molecule has 2 rings (SSSR count). The third kappa shape index (κ3) is 2.77. The van der Waals surface area contributed by atoms with Crippen LogP contribution in [0.15, 0.2) is 18.2 Å². The van der Waals surface area contributed by atoms with E-state index in [0.29, 0.717) is 18.5 Å². The van der Waals surface area contributed by atoms with Crippen LogP contribution in [0.1, 0.15) is 36.2 Å². The average Bonchev–Trinajstić information content (AvgIpc) is 2.83. The van der Waals surface area contributed by atoms with Gasteiger partial charge in [0.25, 0.3) is 5.91 Å². The van der Waals surface area contributed by atoms with E-state index in [-0.39, 0.29) is 23.9 Å². The van der Waals surface area contributed by atoms with Crippen LogP contribution in [-0.2, 0) is 4.79 Å². The molecule has 0 bridgehead atoms. The van der Waals surface area contributed by atoms with Gasteiger partial charge in [0.15, 0.2) is 0 Å². The van der Waals surface area contributed by atoms with Crippen LogP contribution in [0.5, 0.6) is 0 Å². The molecule has 4 nitrogen and oxygen atoms in total. The van der Waals surface area contributed by atoms with Crippen LogP contribution in [0.3, 0.4) is 0 Å². The van der Waals surface area contributed by atoms with Gasteiger partial charge in [0, 0.05) is 18.7 Å². The number of hydrogen-bond donors (Lipinski definition) is 1. The lowest BCUT2D eigenvalue weighted by Gasteiger charge is -2.28. The van der Waals surface area contributed by atoms with Crippen molar-refractivity contribution in [1.82, 2.24) is 4.90 Å². The van der Waals surface area contributed by atoms with E-state index in [1.54, 1.807) is 13.0 Å². The molecule has 0 aliphatic carbocycles. The van der Waals surface area contributed by atoms with Crippen molar-refractivity contribution in [3.8, 4) is 0 Å². The Morgan fingerprint density at radius 2 is 2.00 bits per heavy atom. The number of halogens is 1. The first-order chi connectivity index (χ1) is 9.76. The molecule has 0 radical (unpaired) electrons. The molecule has 1 aromatic carbocycles. The molecule has 0 saturated carbocycles. The fourth-order valence-electron chi connectivity index (χ4n) is 2.94. The minimum Gasteiger partial charge on any atom is -0.481 e. The Balaban J connectivity index is 2.24. The molecule has 21 heavy (non-hydrogen) atoms. The number of hydrogen-bond acceptors (Lipinski definition) is 2. The second kappa shape index (κ2) is 5.47. The second-order valence-corrected chi connectivity index (χ2v) is 6.11. The van der Waals surface area contributed by atoms with Crippen LogP contribution in [0, 0.1) is 24.1 Å². The monoisotopic (exact) mass is 293 g/mol. The Bertz CT molecular complexity index is 565. The Hall–Kier alpha value is -1.91. The summed E-state index contributed by atoms with van der Waals surface area (Å²) in [6.45, 7) is 6.00. The van der Waals surface area contributed by atoms with Crippen molar-refractivity contribution in [3.05, 3.63) is 35.1 Å². The lowest BCUT2D eigenvalue weighted by Crippen LogP contribution is -2.40. The van der Waals surface area contributed by atoms with Crippen LogP contribution >= 0.6 is 0 Å². The number of carbonyl (C=O) groups is 2. The van der Waals surface area contributed by atoms with Gasteiger partial charge in [-0.15, -0.1) is 0 Å². The van der Waals surface area contributed by atoms with Crippen LogP contribution in [0.25, 0.3) is 0 Å². The van der Waals surface area contributed by atoms with Crippen molar-refractivity contribution in [2.45, 2.75) is 27.2 Å². The first kappa shape index (κ1) is 15.5. The predicted molar refractivity (Wildman–Crippen MR) is 76.6 cm³/mol. The van der Waals surface area contributed by atoms with Gasteiger partial charge in [-0.3, -0.25) is 9.59 Å². The predicted octanol–water partition coefficient (Wildman–Crippen LogP) is 2.71. The van der Waals surface area contributed by atoms with Crippen molar-refractivity contribution in [3.63, 3.8) is 0 Å². The zero-order valence-electron chi connectivity index (χ0n) is 12.5. The first-order valence-electron chi connectivity index (χ1n) is 7.06. The summed E-state index contributed by atoms with van der Waals surface area (Å²) in [5.41, 5.74) is 0.0428. The highest BCUT2D eigenvalue weighted by molar-refractivity contribution is 5.95. The molecule has 1 atom stereocenters. The highest BCUT2D eigenvalue weighted by Crippen LogP contribution is 2.38. The number of carboxylic acid groups (broad SMARTS) is 1. The minimum absolute atomic E-state index is 0.0676. The third-order valence-electron chi connectivity index (χ3n) is 4.41.